The molecule has 0 aromatic heterocycles. The van der Waals surface area contributed by atoms with E-state index in [0.717, 1.165) is 36.6 Å². The third kappa shape index (κ3) is 3.67. The van der Waals surface area contributed by atoms with Crippen molar-refractivity contribution in [3.8, 4) is 17.2 Å². The van der Waals surface area contributed by atoms with Crippen molar-refractivity contribution in [2.24, 2.45) is 0 Å². The molecule has 0 spiro atoms. The van der Waals surface area contributed by atoms with Crippen LogP contribution in [0, 0.1) is 0 Å². The Bertz CT molecular complexity index is 595. The molecular weight excluding hydrogens is 266 g/mol. The van der Waals surface area contributed by atoms with Crippen LogP contribution >= 0.6 is 0 Å². The minimum Gasteiger partial charge on any atom is -0.508 e. The maximum absolute atomic E-state index is 9.23. The number of benzene rings is 2. The Labute approximate surface area is 124 Å². The molecule has 0 radical (unpaired) electrons. The van der Waals surface area contributed by atoms with E-state index < -0.39 is 0 Å². The number of rotatable bonds is 5. The molecule has 2 N–H and O–H groups in total. The number of ether oxygens (including phenoxy) is 2. The molecule has 0 fully saturated rings. The van der Waals surface area contributed by atoms with E-state index in [1.807, 2.05) is 18.2 Å². The summed E-state index contributed by atoms with van der Waals surface area (Å²) in [5, 5.41) is 12.6. The second kappa shape index (κ2) is 6.50. The first-order valence-corrected chi connectivity index (χ1v) is 7.18. The zero-order valence-corrected chi connectivity index (χ0v) is 11.8. The summed E-state index contributed by atoms with van der Waals surface area (Å²) in [6.07, 6.45) is 0.939. The summed E-state index contributed by atoms with van der Waals surface area (Å²) < 4.78 is 11.1. The molecule has 110 valence electrons. The van der Waals surface area contributed by atoms with Crippen LogP contribution in [0.3, 0.4) is 0 Å². The van der Waals surface area contributed by atoms with Crippen molar-refractivity contribution in [2.45, 2.75) is 13.0 Å². The minimum atomic E-state index is 0.301. The van der Waals surface area contributed by atoms with Crippen LogP contribution < -0.4 is 14.8 Å². The molecule has 2 aromatic carbocycles. The molecule has 2 aromatic rings. The quantitative estimate of drug-likeness (QED) is 0.829. The summed E-state index contributed by atoms with van der Waals surface area (Å²) in [5.74, 6) is 1.98. The van der Waals surface area contributed by atoms with E-state index >= 15 is 0 Å². The lowest BCUT2D eigenvalue weighted by Crippen LogP contribution is -2.17. The highest BCUT2D eigenvalue weighted by Crippen LogP contribution is 2.30. The molecule has 0 atom stereocenters. The first-order chi connectivity index (χ1) is 10.3. The van der Waals surface area contributed by atoms with E-state index in [2.05, 4.69) is 17.4 Å². The van der Waals surface area contributed by atoms with Gasteiger partial charge in [0.15, 0.2) is 11.5 Å². The number of hydrogen-bond acceptors (Lipinski definition) is 4. The molecule has 0 aliphatic carbocycles. The summed E-state index contributed by atoms with van der Waals surface area (Å²) in [4.78, 5) is 0. The van der Waals surface area contributed by atoms with Gasteiger partial charge in [-0.1, -0.05) is 18.2 Å². The van der Waals surface area contributed by atoms with Gasteiger partial charge in [-0.25, -0.2) is 0 Å². The Morgan fingerprint density at radius 1 is 0.905 bits per heavy atom. The van der Waals surface area contributed by atoms with E-state index in [1.165, 1.54) is 5.56 Å². The molecule has 4 nitrogen and oxygen atoms in total. The van der Waals surface area contributed by atoms with Crippen molar-refractivity contribution in [2.75, 3.05) is 19.8 Å². The Kier molecular flexibility index (Phi) is 4.26. The topological polar surface area (TPSA) is 50.7 Å². The van der Waals surface area contributed by atoms with Crippen LogP contribution in [-0.4, -0.2) is 24.9 Å². The van der Waals surface area contributed by atoms with Gasteiger partial charge in [0.1, 0.15) is 19.0 Å². The fourth-order valence-electron chi connectivity index (χ4n) is 2.32. The molecule has 1 aliphatic rings. The predicted octanol–water partition coefficient (Wildman–Crippen LogP) is 2.50. The van der Waals surface area contributed by atoms with Gasteiger partial charge in [0.25, 0.3) is 0 Å². The van der Waals surface area contributed by atoms with Crippen molar-refractivity contribution < 1.29 is 14.6 Å². The molecular formula is C17H19NO3. The smallest absolute Gasteiger partial charge is 0.161 e. The Hall–Kier alpha value is -2.20. The molecule has 0 amide bonds. The highest BCUT2D eigenvalue weighted by Gasteiger charge is 2.11. The molecule has 0 unspecified atom stereocenters. The maximum Gasteiger partial charge on any atom is 0.161 e. The van der Waals surface area contributed by atoms with E-state index in [0.29, 0.717) is 19.0 Å². The lowest BCUT2D eigenvalue weighted by atomic mass is 10.1. The zero-order valence-electron chi connectivity index (χ0n) is 11.8. The Morgan fingerprint density at radius 2 is 1.62 bits per heavy atom. The van der Waals surface area contributed by atoms with Crippen molar-refractivity contribution in [1.82, 2.24) is 5.32 Å². The van der Waals surface area contributed by atoms with Crippen LogP contribution in [0.4, 0.5) is 0 Å². The van der Waals surface area contributed by atoms with Gasteiger partial charge in [0.05, 0.1) is 0 Å². The van der Waals surface area contributed by atoms with E-state index in [9.17, 15) is 5.11 Å². The Balaban J connectivity index is 1.48. The van der Waals surface area contributed by atoms with Gasteiger partial charge in [0.2, 0.25) is 0 Å². The van der Waals surface area contributed by atoms with Gasteiger partial charge in [0, 0.05) is 6.54 Å². The molecule has 0 saturated carbocycles. The van der Waals surface area contributed by atoms with Crippen LogP contribution in [0.15, 0.2) is 42.5 Å². The van der Waals surface area contributed by atoms with Crippen LogP contribution in [0.1, 0.15) is 11.1 Å². The molecule has 4 heteroatoms. The van der Waals surface area contributed by atoms with Gasteiger partial charge in [-0.05, 0) is 48.4 Å². The lowest BCUT2D eigenvalue weighted by molar-refractivity contribution is 0.171. The first-order valence-electron chi connectivity index (χ1n) is 7.18. The molecule has 1 aliphatic heterocycles. The summed E-state index contributed by atoms with van der Waals surface area (Å²) in [7, 11) is 0. The molecule has 1 heterocycles. The third-order valence-electron chi connectivity index (χ3n) is 3.46. The van der Waals surface area contributed by atoms with E-state index in [1.54, 1.807) is 12.1 Å². The largest absolute Gasteiger partial charge is 0.508 e. The van der Waals surface area contributed by atoms with Crippen LogP contribution in [-0.2, 0) is 13.0 Å². The molecule has 0 saturated heterocycles. The third-order valence-corrected chi connectivity index (χ3v) is 3.46. The van der Waals surface area contributed by atoms with Gasteiger partial charge in [-0.2, -0.15) is 0 Å². The van der Waals surface area contributed by atoms with E-state index in [-0.39, 0.29) is 0 Å². The highest BCUT2D eigenvalue weighted by atomic mass is 16.6. The summed E-state index contributed by atoms with van der Waals surface area (Å²) in [6.45, 7) is 2.93. The number of hydrogen-bond donors (Lipinski definition) is 2. The van der Waals surface area contributed by atoms with Crippen molar-refractivity contribution in [1.29, 1.82) is 0 Å². The highest BCUT2D eigenvalue weighted by molar-refractivity contribution is 5.43. The van der Waals surface area contributed by atoms with Crippen molar-refractivity contribution >= 4 is 0 Å². The fraction of sp³-hybridized carbons (Fsp3) is 0.294. The SMILES string of the molecule is Oc1ccc(CNCCc2ccc3c(c2)OCCO3)cc1. The lowest BCUT2D eigenvalue weighted by Gasteiger charge is -2.18. The van der Waals surface area contributed by atoms with Gasteiger partial charge >= 0.3 is 0 Å². The number of fused-ring (bicyclic) bond motifs is 1. The second-order valence-electron chi connectivity index (χ2n) is 5.07. The van der Waals surface area contributed by atoms with Gasteiger partial charge < -0.3 is 19.9 Å². The first kappa shape index (κ1) is 13.8. The van der Waals surface area contributed by atoms with Crippen molar-refractivity contribution in [3.05, 3.63) is 53.6 Å². The molecule has 3 rings (SSSR count). The Morgan fingerprint density at radius 3 is 2.43 bits per heavy atom. The minimum absolute atomic E-state index is 0.301. The average molecular weight is 285 g/mol. The predicted molar refractivity (Wildman–Crippen MR) is 80.9 cm³/mol. The summed E-state index contributed by atoms with van der Waals surface area (Å²) >= 11 is 0. The standard InChI is InChI=1S/C17H19NO3/c19-15-4-1-14(2-5-15)12-18-8-7-13-3-6-16-17(11-13)21-10-9-20-16/h1-6,11,18-19H,7-10,12H2. The fourth-order valence-corrected chi connectivity index (χ4v) is 2.32. The number of phenols is 1. The van der Waals surface area contributed by atoms with Crippen molar-refractivity contribution in [3.63, 3.8) is 0 Å². The number of phenolic OH excluding ortho intramolecular Hbond substituents is 1. The summed E-state index contributed by atoms with van der Waals surface area (Å²) in [6, 6.07) is 13.4. The van der Waals surface area contributed by atoms with Gasteiger partial charge in [-0.3, -0.25) is 0 Å². The van der Waals surface area contributed by atoms with Crippen LogP contribution in [0.2, 0.25) is 0 Å². The number of nitrogens with one attached hydrogen (secondary N) is 1. The monoisotopic (exact) mass is 285 g/mol. The molecule has 0 bridgehead atoms. The summed E-state index contributed by atoms with van der Waals surface area (Å²) in [5.41, 5.74) is 2.40. The number of aromatic hydroxyl groups is 1. The van der Waals surface area contributed by atoms with Crippen LogP contribution in [0.25, 0.3) is 0 Å². The molecule has 21 heavy (non-hydrogen) atoms. The normalized spacial score (nSPS) is 13.1. The van der Waals surface area contributed by atoms with Crippen LogP contribution in [0.5, 0.6) is 17.2 Å². The van der Waals surface area contributed by atoms with E-state index in [4.69, 9.17) is 9.47 Å². The zero-order chi connectivity index (χ0) is 14.5. The average Bonchev–Trinajstić information content (AvgIpc) is 2.53. The maximum atomic E-state index is 9.23. The van der Waals surface area contributed by atoms with Gasteiger partial charge in [-0.15, -0.1) is 0 Å². The second-order valence-corrected chi connectivity index (χ2v) is 5.07.